The van der Waals surface area contributed by atoms with Gasteiger partial charge in [-0.1, -0.05) is 105 Å². The van der Waals surface area contributed by atoms with Crippen molar-refractivity contribution in [2.24, 2.45) is 0 Å². The molecular formula is C47H62N6O5Si. The Bertz CT molecular complexity index is 2080. The van der Waals surface area contributed by atoms with Crippen LogP contribution in [0.3, 0.4) is 0 Å². The summed E-state index contributed by atoms with van der Waals surface area (Å²) in [5, 5.41) is 3.84. The summed E-state index contributed by atoms with van der Waals surface area (Å²) in [6.07, 6.45) is 4.85. The minimum Gasteiger partial charge on any atom is -0.445 e. The molecule has 11 nitrogen and oxygen atoms in total. The number of para-hydroxylation sites is 2. The fraction of sp³-hybridized carbons (Fsp3) is 0.447. The lowest BCUT2D eigenvalue weighted by molar-refractivity contribution is 0.0213. The monoisotopic (exact) mass is 818 g/mol. The van der Waals surface area contributed by atoms with Crippen LogP contribution in [-0.4, -0.2) is 68.9 Å². The smallest absolute Gasteiger partial charge is 0.410 e. The number of amides is 2. The molecule has 2 heterocycles. The van der Waals surface area contributed by atoms with Crippen LogP contribution in [0.4, 0.5) is 9.59 Å². The highest BCUT2D eigenvalue weighted by Crippen LogP contribution is 2.27. The highest BCUT2D eigenvalue weighted by molar-refractivity contribution is 6.76. The van der Waals surface area contributed by atoms with Gasteiger partial charge in [-0.15, -0.1) is 0 Å². The highest BCUT2D eigenvalue weighted by Gasteiger charge is 2.34. The van der Waals surface area contributed by atoms with Crippen molar-refractivity contribution in [3.63, 3.8) is 0 Å². The Morgan fingerprint density at radius 1 is 0.814 bits per heavy atom. The van der Waals surface area contributed by atoms with Crippen molar-refractivity contribution < 1.29 is 23.8 Å². The Morgan fingerprint density at radius 3 is 2.22 bits per heavy atom. The molecule has 59 heavy (non-hydrogen) atoms. The minimum atomic E-state index is -1.23. The highest BCUT2D eigenvalue weighted by atomic mass is 28.3. The molecular weight excluding hydrogens is 757 g/mol. The van der Waals surface area contributed by atoms with Gasteiger partial charge in [0, 0.05) is 40.0 Å². The van der Waals surface area contributed by atoms with Crippen LogP contribution in [0, 0.1) is 0 Å². The van der Waals surface area contributed by atoms with Crippen molar-refractivity contribution >= 4 is 31.3 Å². The van der Waals surface area contributed by atoms with E-state index in [0.29, 0.717) is 32.9 Å². The van der Waals surface area contributed by atoms with Gasteiger partial charge in [0.15, 0.2) is 0 Å². The zero-order valence-electron chi connectivity index (χ0n) is 35.7. The predicted molar refractivity (Wildman–Crippen MR) is 235 cm³/mol. The second-order valence-corrected chi connectivity index (χ2v) is 23.4. The normalized spacial score (nSPS) is 15.8. The predicted octanol–water partition coefficient (Wildman–Crippen LogP) is 9.92. The van der Waals surface area contributed by atoms with Crippen molar-refractivity contribution in [1.29, 1.82) is 0 Å². The van der Waals surface area contributed by atoms with E-state index in [2.05, 4.69) is 40.6 Å². The molecule has 2 aromatic heterocycles. The van der Waals surface area contributed by atoms with E-state index >= 15 is 0 Å². The fourth-order valence-corrected chi connectivity index (χ4v) is 8.13. The lowest BCUT2D eigenvalue weighted by Gasteiger charge is -2.40. The summed E-state index contributed by atoms with van der Waals surface area (Å²) >= 11 is 0. The summed E-state index contributed by atoms with van der Waals surface area (Å²) < 4.78 is 20.2. The molecule has 0 spiro atoms. The Labute approximate surface area is 351 Å². The molecule has 6 rings (SSSR count). The van der Waals surface area contributed by atoms with Crippen molar-refractivity contribution in [3.05, 3.63) is 131 Å². The number of hydrogen-bond acceptors (Lipinski definition) is 8. The van der Waals surface area contributed by atoms with Gasteiger partial charge in [0.05, 0.1) is 35.9 Å². The topological polar surface area (TPSA) is 111 Å². The summed E-state index contributed by atoms with van der Waals surface area (Å²) in [5.41, 5.74) is 4.99. The van der Waals surface area contributed by atoms with Crippen molar-refractivity contribution in [1.82, 2.24) is 29.7 Å². The number of nitrogens with one attached hydrogen (secondary N) is 1. The number of benzene rings is 3. The third-order valence-corrected chi connectivity index (χ3v) is 12.2. The molecule has 1 fully saturated rings. The van der Waals surface area contributed by atoms with Gasteiger partial charge < -0.3 is 24.1 Å². The van der Waals surface area contributed by atoms with Gasteiger partial charge in [0.2, 0.25) is 0 Å². The molecule has 0 radical (unpaired) electrons. The summed E-state index contributed by atoms with van der Waals surface area (Å²) in [4.78, 5) is 40.6. The Balaban J connectivity index is 1.19. The SMILES string of the molecule is CC(C)(C)OC(=O)N(Cc1ccc(CN(C(=O)OCc2ccccc2)[C@@H]2CCCC[C@@H]2NCc2nc3ccccc3n2COCC[Si](C)(C)C)cc1)Cc1ccccn1. The number of pyridine rings is 1. The second kappa shape index (κ2) is 20.3. The lowest BCUT2D eigenvalue weighted by atomic mass is 9.89. The van der Waals surface area contributed by atoms with E-state index in [4.69, 9.17) is 19.2 Å². The van der Waals surface area contributed by atoms with Crippen LogP contribution in [0.15, 0.2) is 103 Å². The van der Waals surface area contributed by atoms with Gasteiger partial charge >= 0.3 is 12.2 Å². The first-order valence-corrected chi connectivity index (χ1v) is 24.7. The number of imidazole rings is 1. The number of rotatable bonds is 17. The molecule has 1 N–H and O–H groups in total. The molecule has 1 aliphatic carbocycles. The summed E-state index contributed by atoms with van der Waals surface area (Å²) in [7, 11) is -1.23. The Kier molecular flexibility index (Phi) is 15.0. The van der Waals surface area contributed by atoms with E-state index in [9.17, 15) is 9.59 Å². The third kappa shape index (κ3) is 13.2. The summed E-state index contributed by atoms with van der Waals surface area (Å²) in [6, 6.07) is 32.8. The molecule has 12 heteroatoms. The number of aromatic nitrogens is 3. The molecule has 0 unspecified atom stereocenters. The van der Waals surface area contributed by atoms with Crippen LogP contribution < -0.4 is 5.32 Å². The average Bonchev–Trinajstić information content (AvgIpc) is 3.57. The van der Waals surface area contributed by atoms with Gasteiger partial charge in [-0.2, -0.15) is 0 Å². The third-order valence-electron chi connectivity index (χ3n) is 10.5. The quantitative estimate of drug-likeness (QED) is 0.0730. The molecule has 0 bridgehead atoms. The van der Waals surface area contributed by atoms with Crippen LogP contribution in [0.25, 0.3) is 11.0 Å². The van der Waals surface area contributed by atoms with E-state index in [1.807, 2.05) is 117 Å². The largest absolute Gasteiger partial charge is 0.445 e. The Morgan fingerprint density at radius 2 is 1.51 bits per heavy atom. The molecule has 0 aliphatic heterocycles. The van der Waals surface area contributed by atoms with Gasteiger partial charge in [-0.3, -0.25) is 14.8 Å². The van der Waals surface area contributed by atoms with E-state index in [1.54, 1.807) is 11.1 Å². The minimum absolute atomic E-state index is 0.0300. The maximum Gasteiger partial charge on any atom is 0.410 e. The van der Waals surface area contributed by atoms with Gasteiger partial charge in [0.25, 0.3) is 0 Å². The number of carbonyl (C=O) groups is 2. The molecule has 1 aliphatic rings. The van der Waals surface area contributed by atoms with Crippen LogP contribution >= 0.6 is 0 Å². The van der Waals surface area contributed by atoms with Crippen molar-refractivity contribution in [2.75, 3.05) is 6.61 Å². The number of carbonyl (C=O) groups excluding carboxylic acids is 2. The van der Waals surface area contributed by atoms with Gasteiger partial charge in [-0.05, 0) is 80.6 Å². The number of fused-ring (bicyclic) bond motifs is 1. The van der Waals surface area contributed by atoms with Gasteiger partial charge in [0.1, 0.15) is 24.8 Å². The van der Waals surface area contributed by atoms with Crippen LogP contribution in [-0.2, 0) is 53.7 Å². The molecule has 5 aromatic rings. The van der Waals surface area contributed by atoms with Crippen LogP contribution in [0.2, 0.25) is 25.7 Å². The zero-order valence-corrected chi connectivity index (χ0v) is 36.7. The summed E-state index contributed by atoms with van der Waals surface area (Å²) in [5.74, 6) is 0.917. The van der Waals surface area contributed by atoms with E-state index in [0.717, 1.165) is 77.6 Å². The number of hydrogen-bond donors (Lipinski definition) is 1. The molecule has 2 atom stereocenters. The Hall–Kier alpha value is -5.04. The maximum absolute atomic E-state index is 14.2. The summed E-state index contributed by atoms with van der Waals surface area (Å²) in [6.45, 7) is 15.6. The molecule has 1 saturated carbocycles. The number of ether oxygens (including phenoxy) is 3. The van der Waals surface area contributed by atoms with Crippen LogP contribution in [0.5, 0.6) is 0 Å². The zero-order chi connectivity index (χ0) is 41.8. The average molecular weight is 819 g/mol. The van der Waals surface area contributed by atoms with Crippen molar-refractivity contribution in [2.45, 2.75) is 129 Å². The first-order valence-electron chi connectivity index (χ1n) is 21.0. The molecule has 3 aromatic carbocycles. The maximum atomic E-state index is 14.2. The van der Waals surface area contributed by atoms with E-state index < -0.39 is 19.8 Å². The molecule has 314 valence electrons. The second-order valence-electron chi connectivity index (χ2n) is 17.8. The number of nitrogens with zero attached hydrogens (tertiary/aromatic N) is 5. The van der Waals surface area contributed by atoms with E-state index in [1.165, 1.54) is 0 Å². The van der Waals surface area contributed by atoms with Gasteiger partial charge in [-0.25, -0.2) is 14.6 Å². The lowest BCUT2D eigenvalue weighted by Crippen LogP contribution is -2.53. The van der Waals surface area contributed by atoms with E-state index in [-0.39, 0.29) is 24.8 Å². The first kappa shape index (κ1) is 43.5. The first-order chi connectivity index (χ1) is 28.3. The molecule has 0 saturated heterocycles. The fourth-order valence-electron chi connectivity index (χ4n) is 7.37. The van der Waals surface area contributed by atoms with Crippen LogP contribution in [0.1, 0.15) is 74.7 Å². The molecule has 2 amide bonds. The standard InChI is InChI=1S/C47H62N6O5Si/c1-47(2,3)58-45(54)51(33-39-18-14-15-27-48-39)31-36-23-25-37(26-24-36)32-52(46(55)57-34-38-16-8-7-9-17-38)42-21-12-10-19-40(42)49-30-44-50-41-20-11-13-22-43(41)53(44)35-56-28-29-59(4,5)6/h7-9,11,13-18,20,22-27,40,42,49H,10,12,19,21,28-35H2,1-6H3/t40-,42+/m0/s1. The van der Waals surface area contributed by atoms with Crippen molar-refractivity contribution in [3.8, 4) is 0 Å².